The molecule has 0 amide bonds. The van der Waals surface area contributed by atoms with Gasteiger partial charge in [-0.3, -0.25) is 9.89 Å². The summed E-state index contributed by atoms with van der Waals surface area (Å²) in [4.78, 5) is 15.2. The number of Topliss-reactive ketones (excluding diaryl/α,β-unsaturated/α-hetero) is 1. The van der Waals surface area contributed by atoms with Gasteiger partial charge in [-0.2, -0.15) is 0 Å². The Morgan fingerprint density at radius 2 is 2.24 bits per heavy atom. The van der Waals surface area contributed by atoms with Gasteiger partial charge in [0.2, 0.25) is 5.16 Å². The standard InChI is InChI=1S/C11H10BrN3OS/c1-7(16)6-17-11-13-10(14-15-11)8-4-2-3-5-9(8)12/h2-5H,6H2,1H3,(H,13,14,15). The molecule has 0 saturated carbocycles. The Morgan fingerprint density at radius 1 is 1.47 bits per heavy atom. The minimum absolute atomic E-state index is 0.113. The summed E-state index contributed by atoms with van der Waals surface area (Å²) in [6.45, 7) is 1.55. The number of H-pyrrole nitrogens is 1. The van der Waals surface area contributed by atoms with Crippen LogP contribution in [0.15, 0.2) is 33.9 Å². The molecular weight excluding hydrogens is 302 g/mol. The molecule has 0 bridgehead atoms. The molecule has 1 heterocycles. The first-order chi connectivity index (χ1) is 8.16. The van der Waals surface area contributed by atoms with Crippen molar-refractivity contribution in [3.05, 3.63) is 28.7 Å². The fraction of sp³-hybridized carbons (Fsp3) is 0.182. The first-order valence-corrected chi connectivity index (χ1v) is 6.74. The minimum Gasteiger partial charge on any atom is -0.299 e. The number of hydrogen-bond donors (Lipinski definition) is 1. The Labute approximate surface area is 111 Å². The average molecular weight is 312 g/mol. The molecule has 0 spiro atoms. The van der Waals surface area contributed by atoms with Crippen LogP contribution in [0.25, 0.3) is 11.4 Å². The summed E-state index contributed by atoms with van der Waals surface area (Å²) >= 11 is 4.79. The van der Waals surface area contributed by atoms with Crippen molar-refractivity contribution in [1.82, 2.24) is 15.2 Å². The van der Waals surface area contributed by atoms with Gasteiger partial charge in [0.15, 0.2) is 5.82 Å². The molecular formula is C11H10BrN3OS. The zero-order chi connectivity index (χ0) is 12.3. The number of nitrogens with zero attached hydrogens (tertiary/aromatic N) is 2. The molecule has 1 aromatic heterocycles. The monoisotopic (exact) mass is 311 g/mol. The third-order valence-electron chi connectivity index (χ3n) is 2.00. The van der Waals surface area contributed by atoms with Gasteiger partial charge in [0.25, 0.3) is 0 Å². The Hall–Kier alpha value is -1.14. The quantitative estimate of drug-likeness (QED) is 0.882. The highest BCUT2D eigenvalue weighted by Crippen LogP contribution is 2.26. The number of carbonyl (C=O) groups excluding carboxylic acids is 1. The van der Waals surface area contributed by atoms with Crippen molar-refractivity contribution in [3.8, 4) is 11.4 Å². The second-order valence-electron chi connectivity index (χ2n) is 3.44. The van der Waals surface area contributed by atoms with E-state index in [1.807, 2.05) is 24.3 Å². The number of thioether (sulfide) groups is 1. The molecule has 88 valence electrons. The summed E-state index contributed by atoms with van der Waals surface area (Å²) in [6.07, 6.45) is 0. The summed E-state index contributed by atoms with van der Waals surface area (Å²) in [6, 6.07) is 7.77. The first kappa shape index (κ1) is 12.3. The van der Waals surface area contributed by atoms with E-state index in [0.717, 1.165) is 10.0 Å². The van der Waals surface area contributed by atoms with Gasteiger partial charge in [-0.15, -0.1) is 5.10 Å². The number of aromatic amines is 1. The van der Waals surface area contributed by atoms with E-state index < -0.39 is 0 Å². The Bertz CT molecular complexity index is 541. The zero-order valence-electron chi connectivity index (χ0n) is 9.11. The largest absolute Gasteiger partial charge is 0.299 e. The van der Waals surface area contributed by atoms with Crippen molar-refractivity contribution in [3.63, 3.8) is 0 Å². The molecule has 17 heavy (non-hydrogen) atoms. The highest BCUT2D eigenvalue weighted by molar-refractivity contribution is 9.10. The number of hydrogen-bond acceptors (Lipinski definition) is 4. The average Bonchev–Trinajstić information content (AvgIpc) is 2.75. The lowest BCUT2D eigenvalue weighted by atomic mass is 10.2. The number of carbonyl (C=O) groups is 1. The van der Waals surface area contributed by atoms with Gasteiger partial charge in [-0.05, 0) is 13.0 Å². The fourth-order valence-corrected chi connectivity index (χ4v) is 2.32. The van der Waals surface area contributed by atoms with Gasteiger partial charge in [-0.25, -0.2) is 4.98 Å². The van der Waals surface area contributed by atoms with Crippen LogP contribution in [0.2, 0.25) is 0 Å². The lowest BCUT2D eigenvalue weighted by Gasteiger charge is -1.97. The summed E-state index contributed by atoms with van der Waals surface area (Å²) in [5, 5.41) is 7.51. The maximum atomic E-state index is 10.9. The number of aromatic nitrogens is 3. The Balaban J connectivity index is 2.18. The van der Waals surface area contributed by atoms with Crippen LogP contribution in [0.4, 0.5) is 0 Å². The third kappa shape index (κ3) is 3.17. The second kappa shape index (κ2) is 5.46. The first-order valence-electron chi connectivity index (χ1n) is 4.96. The zero-order valence-corrected chi connectivity index (χ0v) is 11.5. The lowest BCUT2D eigenvalue weighted by molar-refractivity contribution is -0.114. The van der Waals surface area contributed by atoms with Crippen LogP contribution in [-0.4, -0.2) is 26.7 Å². The summed E-state index contributed by atoms with van der Waals surface area (Å²) < 4.78 is 0.958. The van der Waals surface area contributed by atoms with Gasteiger partial charge in [0.05, 0.1) is 5.75 Å². The minimum atomic E-state index is 0.113. The van der Waals surface area contributed by atoms with Gasteiger partial charge in [0, 0.05) is 10.0 Å². The van der Waals surface area contributed by atoms with Crippen molar-refractivity contribution in [1.29, 1.82) is 0 Å². The van der Waals surface area contributed by atoms with E-state index in [1.165, 1.54) is 11.8 Å². The predicted octanol–water partition coefficient (Wildman–Crippen LogP) is 2.92. The number of benzene rings is 1. The predicted molar refractivity (Wildman–Crippen MR) is 70.9 cm³/mol. The van der Waals surface area contributed by atoms with Crippen molar-refractivity contribution in [2.75, 3.05) is 5.75 Å². The van der Waals surface area contributed by atoms with Crippen molar-refractivity contribution >= 4 is 33.5 Å². The van der Waals surface area contributed by atoms with Crippen LogP contribution in [0.1, 0.15) is 6.92 Å². The summed E-state index contributed by atoms with van der Waals surface area (Å²) in [7, 11) is 0. The van der Waals surface area contributed by atoms with E-state index in [2.05, 4.69) is 31.1 Å². The van der Waals surface area contributed by atoms with Gasteiger partial charge in [0.1, 0.15) is 5.78 Å². The van der Waals surface area contributed by atoms with Gasteiger partial charge < -0.3 is 0 Å². The normalized spacial score (nSPS) is 10.5. The Morgan fingerprint density at radius 3 is 2.94 bits per heavy atom. The molecule has 0 saturated heterocycles. The highest BCUT2D eigenvalue weighted by atomic mass is 79.9. The molecule has 2 rings (SSSR count). The number of halogens is 1. The summed E-state index contributed by atoms with van der Waals surface area (Å²) in [5.41, 5.74) is 0.953. The van der Waals surface area contributed by atoms with Crippen LogP contribution in [0.5, 0.6) is 0 Å². The van der Waals surface area contributed by atoms with Gasteiger partial charge in [-0.1, -0.05) is 45.9 Å². The van der Waals surface area contributed by atoms with E-state index >= 15 is 0 Å². The van der Waals surface area contributed by atoms with Crippen LogP contribution < -0.4 is 0 Å². The van der Waals surface area contributed by atoms with Crippen LogP contribution >= 0.6 is 27.7 Å². The van der Waals surface area contributed by atoms with E-state index in [4.69, 9.17) is 0 Å². The Kier molecular flexibility index (Phi) is 3.96. The number of rotatable bonds is 4. The maximum Gasteiger partial charge on any atom is 0.209 e. The van der Waals surface area contributed by atoms with Crippen LogP contribution in [0, 0.1) is 0 Å². The fourth-order valence-electron chi connectivity index (χ4n) is 1.25. The summed E-state index contributed by atoms with van der Waals surface area (Å²) in [5.74, 6) is 1.21. The van der Waals surface area contributed by atoms with Crippen molar-refractivity contribution < 1.29 is 4.79 Å². The van der Waals surface area contributed by atoms with Crippen LogP contribution in [-0.2, 0) is 4.79 Å². The molecule has 0 unspecified atom stereocenters. The molecule has 0 aliphatic rings. The SMILES string of the molecule is CC(=O)CSc1n[nH]c(-c2ccccc2Br)n1. The molecule has 2 aromatic rings. The molecule has 6 heteroatoms. The van der Waals surface area contributed by atoms with Crippen LogP contribution in [0.3, 0.4) is 0 Å². The highest BCUT2D eigenvalue weighted by Gasteiger charge is 2.09. The van der Waals surface area contributed by atoms with Crippen molar-refractivity contribution in [2.45, 2.75) is 12.1 Å². The molecule has 0 fully saturated rings. The molecule has 0 aliphatic carbocycles. The second-order valence-corrected chi connectivity index (χ2v) is 5.23. The number of ketones is 1. The molecule has 0 aliphatic heterocycles. The third-order valence-corrected chi connectivity index (χ3v) is 3.68. The number of nitrogens with one attached hydrogen (secondary N) is 1. The smallest absolute Gasteiger partial charge is 0.209 e. The maximum absolute atomic E-state index is 10.9. The molecule has 0 atom stereocenters. The molecule has 4 nitrogen and oxygen atoms in total. The molecule has 1 N–H and O–H groups in total. The molecule has 0 radical (unpaired) electrons. The lowest BCUT2D eigenvalue weighted by Crippen LogP contribution is -1.93. The topological polar surface area (TPSA) is 58.6 Å². The van der Waals surface area contributed by atoms with E-state index in [-0.39, 0.29) is 5.78 Å². The van der Waals surface area contributed by atoms with Crippen molar-refractivity contribution in [2.24, 2.45) is 0 Å². The molecule has 1 aromatic carbocycles. The van der Waals surface area contributed by atoms with E-state index in [1.54, 1.807) is 6.92 Å². The van der Waals surface area contributed by atoms with E-state index in [0.29, 0.717) is 16.7 Å². The van der Waals surface area contributed by atoms with Gasteiger partial charge >= 0.3 is 0 Å². The van der Waals surface area contributed by atoms with E-state index in [9.17, 15) is 4.79 Å².